The summed E-state index contributed by atoms with van der Waals surface area (Å²) in [4.78, 5) is 35.5. The number of aldehydes is 1. The Kier molecular flexibility index (Phi) is 6.92. The number of allylic oxidation sites excluding steroid dienone is 2. The van der Waals surface area contributed by atoms with E-state index in [0.717, 1.165) is 25.5 Å². The van der Waals surface area contributed by atoms with E-state index in [2.05, 4.69) is 13.8 Å². The van der Waals surface area contributed by atoms with Crippen molar-refractivity contribution in [2.75, 3.05) is 0 Å². The first-order valence-electron chi connectivity index (χ1n) is 11.5. The van der Waals surface area contributed by atoms with E-state index in [-0.39, 0.29) is 52.3 Å². The van der Waals surface area contributed by atoms with E-state index < -0.39 is 18.2 Å². The minimum absolute atomic E-state index is 0.00311. The normalized spacial score (nSPS) is 40.6. The molecule has 31 heavy (non-hydrogen) atoms. The van der Waals surface area contributed by atoms with Gasteiger partial charge in [0.15, 0.2) is 0 Å². The SMILES string of the molecule is C/C(=C\[C@H](O)[C@@H](O)[C@H](C)[C@H]1CC[C@@]2(C)C[C@@H]3[C@H](C)CC(=O)[C@@H]3/C(C=O)=C\C[C@H]12)C(=O)O. The van der Waals surface area contributed by atoms with Crippen LogP contribution < -0.4 is 0 Å². The van der Waals surface area contributed by atoms with E-state index in [4.69, 9.17) is 5.11 Å². The van der Waals surface area contributed by atoms with Crippen molar-refractivity contribution < 1.29 is 29.7 Å². The Hall–Kier alpha value is -1.79. The molecule has 172 valence electrons. The van der Waals surface area contributed by atoms with Gasteiger partial charge >= 0.3 is 5.97 Å². The lowest BCUT2D eigenvalue weighted by atomic mass is 9.63. The number of Topliss-reactive ketones (excluding diaryl/α,β-unsaturated/α-hetero) is 1. The quantitative estimate of drug-likeness (QED) is 0.439. The highest BCUT2D eigenvalue weighted by molar-refractivity contribution is 5.93. The minimum atomic E-state index is -1.25. The van der Waals surface area contributed by atoms with Crippen molar-refractivity contribution in [1.82, 2.24) is 0 Å². The lowest BCUT2D eigenvalue weighted by Gasteiger charge is -2.42. The third-order valence-corrected chi connectivity index (χ3v) is 8.62. The molecule has 0 aromatic carbocycles. The Morgan fingerprint density at radius 2 is 2.00 bits per heavy atom. The molecule has 0 unspecified atom stereocenters. The average molecular weight is 433 g/mol. The molecule has 3 rings (SSSR count). The zero-order valence-electron chi connectivity index (χ0n) is 19.0. The van der Waals surface area contributed by atoms with Gasteiger partial charge in [-0.25, -0.2) is 4.79 Å². The number of carbonyl (C=O) groups excluding carboxylic acids is 2. The molecule has 0 radical (unpaired) electrons. The monoisotopic (exact) mass is 432 g/mol. The van der Waals surface area contributed by atoms with Gasteiger partial charge in [0, 0.05) is 17.9 Å². The smallest absolute Gasteiger partial charge is 0.331 e. The van der Waals surface area contributed by atoms with Crippen molar-refractivity contribution in [2.24, 2.45) is 40.9 Å². The van der Waals surface area contributed by atoms with Crippen LogP contribution in [0.1, 0.15) is 59.8 Å². The Labute approximate surface area is 184 Å². The van der Waals surface area contributed by atoms with Gasteiger partial charge in [0.2, 0.25) is 0 Å². The third kappa shape index (κ3) is 4.42. The fourth-order valence-electron chi connectivity index (χ4n) is 6.70. The molecule has 6 heteroatoms. The molecule has 2 fully saturated rings. The molecule has 3 aliphatic carbocycles. The lowest BCUT2D eigenvalue weighted by molar-refractivity contribution is -0.132. The van der Waals surface area contributed by atoms with Crippen LogP contribution in [0.2, 0.25) is 0 Å². The highest BCUT2D eigenvalue weighted by Gasteiger charge is 2.53. The van der Waals surface area contributed by atoms with Crippen molar-refractivity contribution in [3.8, 4) is 0 Å². The number of aliphatic hydroxyl groups is 2. The van der Waals surface area contributed by atoms with Gasteiger partial charge in [-0.1, -0.05) is 26.8 Å². The van der Waals surface area contributed by atoms with Gasteiger partial charge in [0.25, 0.3) is 0 Å². The molecule has 3 N–H and O–H groups in total. The van der Waals surface area contributed by atoms with Crippen LogP contribution in [-0.4, -0.2) is 45.6 Å². The fourth-order valence-corrected chi connectivity index (χ4v) is 6.70. The topological polar surface area (TPSA) is 112 Å². The van der Waals surface area contributed by atoms with Crippen molar-refractivity contribution in [1.29, 1.82) is 0 Å². The Morgan fingerprint density at radius 1 is 1.32 bits per heavy atom. The maximum atomic E-state index is 12.6. The Bertz CT molecular complexity index is 798. The number of aliphatic carboxylic acids is 1. The van der Waals surface area contributed by atoms with E-state index in [1.807, 2.05) is 13.0 Å². The summed E-state index contributed by atoms with van der Waals surface area (Å²) in [6, 6.07) is 0. The number of hydrogen-bond donors (Lipinski definition) is 3. The summed E-state index contributed by atoms with van der Waals surface area (Å²) in [6.07, 6.45) is 5.67. The van der Waals surface area contributed by atoms with Gasteiger partial charge in [0.05, 0.1) is 12.2 Å². The standard InChI is InChI=1S/C25H36O6/c1-13-9-20(27)22-16(12-26)5-6-19-17(7-8-25(19,4)11-18(13)22)15(3)23(29)21(28)10-14(2)24(30)31/h5,10,12-13,15,17-19,21-23,28-29H,6-9,11H2,1-4H3,(H,30,31)/b14-10+,16-5-/t13-,15-,17-,18-,19-,21+,22-,23+,25+/m1/s1. The first-order valence-corrected chi connectivity index (χ1v) is 11.5. The molecule has 0 aromatic heterocycles. The van der Waals surface area contributed by atoms with E-state index >= 15 is 0 Å². The average Bonchev–Trinajstić information content (AvgIpc) is 3.15. The van der Waals surface area contributed by atoms with Gasteiger partial charge in [0.1, 0.15) is 12.1 Å². The van der Waals surface area contributed by atoms with Crippen molar-refractivity contribution in [3.63, 3.8) is 0 Å². The van der Waals surface area contributed by atoms with Crippen LogP contribution in [0.4, 0.5) is 0 Å². The summed E-state index contributed by atoms with van der Waals surface area (Å²) >= 11 is 0. The molecule has 0 heterocycles. The molecule has 0 amide bonds. The highest BCUT2D eigenvalue weighted by Crippen LogP contribution is 2.59. The number of carboxylic acid groups (broad SMARTS) is 1. The molecule has 0 aliphatic heterocycles. The molecule has 3 aliphatic rings. The molecular formula is C25H36O6. The minimum Gasteiger partial charge on any atom is -0.478 e. The molecular weight excluding hydrogens is 396 g/mol. The van der Waals surface area contributed by atoms with Gasteiger partial charge in [-0.15, -0.1) is 0 Å². The lowest BCUT2D eigenvalue weighted by Crippen LogP contribution is -2.40. The summed E-state index contributed by atoms with van der Waals surface area (Å²) < 4.78 is 0. The largest absolute Gasteiger partial charge is 0.478 e. The molecule has 0 saturated heterocycles. The number of rotatable bonds is 6. The van der Waals surface area contributed by atoms with Crippen LogP contribution in [0.25, 0.3) is 0 Å². The van der Waals surface area contributed by atoms with Crippen molar-refractivity contribution >= 4 is 18.0 Å². The van der Waals surface area contributed by atoms with Gasteiger partial charge in [-0.05, 0) is 79.3 Å². The zero-order chi connectivity index (χ0) is 23.1. The molecule has 0 bridgehead atoms. The summed E-state index contributed by atoms with van der Waals surface area (Å²) in [6.45, 7) is 7.70. The number of ketones is 1. The van der Waals surface area contributed by atoms with Crippen LogP contribution in [0, 0.1) is 40.9 Å². The van der Waals surface area contributed by atoms with Gasteiger partial charge < -0.3 is 15.3 Å². The number of carboxylic acids is 1. The van der Waals surface area contributed by atoms with Gasteiger partial charge in [-0.3, -0.25) is 9.59 Å². The maximum Gasteiger partial charge on any atom is 0.331 e. The maximum absolute atomic E-state index is 12.6. The summed E-state index contributed by atoms with van der Waals surface area (Å²) in [5, 5.41) is 30.3. The van der Waals surface area contributed by atoms with Crippen LogP contribution in [0.3, 0.4) is 0 Å². The molecule has 2 saturated carbocycles. The van der Waals surface area contributed by atoms with Crippen molar-refractivity contribution in [2.45, 2.75) is 72.0 Å². The molecule has 0 spiro atoms. The molecule has 0 aromatic rings. The van der Waals surface area contributed by atoms with E-state index in [9.17, 15) is 24.6 Å². The van der Waals surface area contributed by atoms with Crippen LogP contribution >= 0.6 is 0 Å². The Morgan fingerprint density at radius 3 is 2.61 bits per heavy atom. The van der Waals surface area contributed by atoms with Crippen LogP contribution in [0.5, 0.6) is 0 Å². The van der Waals surface area contributed by atoms with Crippen LogP contribution in [0.15, 0.2) is 23.3 Å². The number of aliphatic hydroxyl groups excluding tert-OH is 2. The van der Waals surface area contributed by atoms with E-state index in [1.165, 1.54) is 13.0 Å². The predicted octanol–water partition coefficient (Wildman–Crippen LogP) is 3.17. The number of fused-ring (bicyclic) bond motifs is 2. The molecule has 9 atom stereocenters. The van der Waals surface area contributed by atoms with Crippen molar-refractivity contribution in [3.05, 3.63) is 23.3 Å². The summed E-state index contributed by atoms with van der Waals surface area (Å²) in [5.41, 5.74) is 0.620. The summed E-state index contributed by atoms with van der Waals surface area (Å²) in [7, 11) is 0. The molecule has 6 nitrogen and oxygen atoms in total. The van der Waals surface area contributed by atoms with E-state index in [1.54, 1.807) is 0 Å². The second-order valence-corrected chi connectivity index (χ2v) is 10.5. The zero-order valence-corrected chi connectivity index (χ0v) is 19.0. The number of hydrogen-bond acceptors (Lipinski definition) is 5. The first kappa shape index (κ1) is 23.9. The Balaban J connectivity index is 1.86. The second kappa shape index (κ2) is 8.99. The van der Waals surface area contributed by atoms with Crippen LogP contribution in [-0.2, 0) is 14.4 Å². The fraction of sp³-hybridized carbons (Fsp3) is 0.720. The number of carbonyl (C=O) groups is 3. The van der Waals surface area contributed by atoms with Gasteiger partial charge in [-0.2, -0.15) is 0 Å². The summed E-state index contributed by atoms with van der Waals surface area (Å²) in [5.74, 6) is -0.654. The second-order valence-electron chi connectivity index (χ2n) is 10.5. The van der Waals surface area contributed by atoms with E-state index in [0.29, 0.717) is 18.4 Å². The first-order chi connectivity index (χ1) is 14.5. The predicted molar refractivity (Wildman–Crippen MR) is 116 cm³/mol. The highest BCUT2D eigenvalue weighted by atomic mass is 16.4. The third-order valence-electron chi connectivity index (χ3n) is 8.62.